The summed E-state index contributed by atoms with van der Waals surface area (Å²) in [6.45, 7) is 1.96. The maximum absolute atomic E-state index is 10.0. The zero-order valence-corrected chi connectivity index (χ0v) is 7.63. The molecule has 0 unspecified atom stereocenters. The van der Waals surface area contributed by atoms with Gasteiger partial charge in [0.05, 0.1) is 12.7 Å². The maximum atomic E-state index is 10.0. The van der Waals surface area contributed by atoms with Crippen molar-refractivity contribution in [3.8, 4) is 17.6 Å². The van der Waals surface area contributed by atoms with Crippen LogP contribution < -0.4 is 4.74 Å². The molecule has 2 heteroatoms. The van der Waals surface area contributed by atoms with Crippen molar-refractivity contribution in [2.75, 3.05) is 7.11 Å². The Balaban J connectivity index is 3.15. The summed E-state index contributed by atoms with van der Waals surface area (Å²) in [4.78, 5) is 10.0. The second-order valence-electron chi connectivity index (χ2n) is 2.59. The van der Waals surface area contributed by atoms with Gasteiger partial charge in [0.2, 0.25) is 0 Å². The Bertz CT molecular complexity index is 369. The van der Waals surface area contributed by atoms with Gasteiger partial charge in [0.15, 0.2) is 6.29 Å². The largest absolute Gasteiger partial charge is 0.495 e. The number of methoxy groups -OCH3 is 1. The summed E-state index contributed by atoms with van der Waals surface area (Å²) < 4.78 is 5.08. The van der Waals surface area contributed by atoms with Crippen molar-refractivity contribution in [2.45, 2.75) is 6.92 Å². The second kappa shape index (κ2) is 4.32. The number of carbonyl (C=O) groups is 1. The van der Waals surface area contributed by atoms with Gasteiger partial charge in [-0.3, -0.25) is 4.79 Å². The molecule has 0 heterocycles. The van der Waals surface area contributed by atoms with Crippen LogP contribution in [-0.2, 0) is 4.79 Å². The Morgan fingerprint density at radius 2 is 2.23 bits per heavy atom. The van der Waals surface area contributed by atoms with E-state index >= 15 is 0 Å². The van der Waals surface area contributed by atoms with Crippen LogP contribution in [0.1, 0.15) is 11.1 Å². The monoisotopic (exact) mass is 174 g/mol. The Morgan fingerprint density at radius 1 is 1.46 bits per heavy atom. The fourth-order valence-electron chi connectivity index (χ4n) is 1.03. The van der Waals surface area contributed by atoms with Crippen LogP contribution in [-0.4, -0.2) is 13.4 Å². The van der Waals surface area contributed by atoms with Crippen molar-refractivity contribution in [1.29, 1.82) is 0 Å². The Hall–Kier alpha value is -1.75. The fraction of sp³-hybridized carbons (Fsp3) is 0.182. The average molecular weight is 174 g/mol. The molecule has 0 bridgehead atoms. The number of aryl methyl sites for hydroxylation is 1. The maximum Gasteiger partial charge on any atom is 0.193 e. The lowest BCUT2D eigenvalue weighted by atomic mass is 10.1. The molecular formula is C11H10O2. The number of rotatable bonds is 1. The highest BCUT2D eigenvalue weighted by molar-refractivity contribution is 5.74. The lowest BCUT2D eigenvalue weighted by molar-refractivity contribution is -0.103. The summed E-state index contributed by atoms with van der Waals surface area (Å²) in [6.07, 6.45) is 0.571. The molecule has 13 heavy (non-hydrogen) atoms. The summed E-state index contributed by atoms with van der Waals surface area (Å²) in [7, 11) is 1.58. The van der Waals surface area contributed by atoms with Crippen molar-refractivity contribution < 1.29 is 9.53 Å². The number of aldehydes is 1. The number of hydrogen-bond acceptors (Lipinski definition) is 2. The summed E-state index contributed by atoms with van der Waals surface area (Å²) in [5.74, 6) is 5.76. The highest BCUT2D eigenvalue weighted by Gasteiger charge is 1.98. The van der Waals surface area contributed by atoms with Crippen molar-refractivity contribution >= 4 is 6.29 Å². The van der Waals surface area contributed by atoms with Crippen LogP contribution in [0.4, 0.5) is 0 Å². The first-order chi connectivity index (χ1) is 6.27. The van der Waals surface area contributed by atoms with Crippen LogP contribution in [0.5, 0.6) is 5.75 Å². The van der Waals surface area contributed by atoms with Crippen molar-refractivity contribution in [3.05, 3.63) is 29.3 Å². The molecule has 0 spiro atoms. The van der Waals surface area contributed by atoms with Crippen LogP contribution in [0.15, 0.2) is 18.2 Å². The predicted octanol–water partition coefficient (Wildman–Crippen LogP) is 1.55. The molecule has 0 aromatic heterocycles. The minimum absolute atomic E-state index is 0.571. The van der Waals surface area contributed by atoms with Gasteiger partial charge in [-0.1, -0.05) is 12.0 Å². The standard InChI is InChI=1S/C11H10O2/c1-9-5-6-11(13-2)10(8-9)4-3-7-12/h5-8H,1-2H3. The molecule has 1 aromatic rings. The summed E-state index contributed by atoms with van der Waals surface area (Å²) in [6, 6.07) is 5.66. The van der Waals surface area contributed by atoms with Gasteiger partial charge in [-0.2, -0.15) is 0 Å². The van der Waals surface area contributed by atoms with E-state index in [0.717, 1.165) is 11.1 Å². The van der Waals surface area contributed by atoms with E-state index in [2.05, 4.69) is 11.8 Å². The minimum atomic E-state index is 0.571. The molecule has 0 aliphatic heterocycles. The zero-order chi connectivity index (χ0) is 9.68. The van der Waals surface area contributed by atoms with E-state index in [1.807, 2.05) is 25.1 Å². The van der Waals surface area contributed by atoms with Crippen molar-refractivity contribution in [3.63, 3.8) is 0 Å². The second-order valence-corrected chi connectivity index (χ2v) is 2.59. The highest BCUT2D eigenvalue weighted by atomic mass is 16.5. The third-order valence-electron chi connectivity index (χ3n) is 1.62. The normalized spacial score (nSPS) is 8.46. The molecule has 0 saturated carbocycles. The molecule has 0 aliphatic rings. The van der Waals surface area contributed by atoms with E-state index < -0.39 is 0 Å². The van der Waals surface area contributed by atoms with E-state index in [0.29, 0.717) is 12.0 Å². The molecule has 66 valence electrons. The molecule has 2 nitrogen and oxygen atoms in total. The summed E-state index contributed by atoms with van der Waals surface area (Å²) in [5, 5.41) is 0. The zero-order valence-electron chi connectivity index (χ0n) is 7.63. The van der Waals surface area contributed by atoms with E-state index in [4.69, 9.17) is 4.74 Å². The van der Waals surface area contributed by atoms with Crippen LogP contribution >= 0.6 is 0 Å². The highest BCUT2D eigenvalue weighted by Crippen LogP contribution is 2.17. The lowest BCUT2D eigenvalue weighted by Gasteiger charge is -2.02. The molecular weight excluding hydrogens is 164 g/mol. The van der Waals surface area contributed by atoms with Gasteiger partial charge >= 0.3 is 0 Å². The number of ether oxygens (including phenoxy) is 1. The van der Waals surface area contributed by atoms with E-state index in [1.165, 1.54) is 0 Å². The number of carbonyl (C=O) groups excluding carboxylic acids is 1. The lowest BCUT2D eigenvalue weighted by Crippen LogP contribution is -1.88. The summed E-state index contributed by atoms with van der Waals surface area (Å²) >= 11 is 0. The molecule has 0 aliphatic carbocycles. The third-order valence-corrected chi connectivity index (χ3v) is 1.62. The Labute approximate surface area is 77.5 Å². The number of hydrogen-bond donors (Lipinski definition) is 0. The minimum Gasteiger partial charge on any atom is -0.495 e. The van der Waals surface area contributed by atoms with Gasteiger partial charge in [0.25, 0.3) is 0 Å². The van der Waals surface area contributed by atoms with Gasteiger partial charge in [-0.05, 0) is 30.5 Å². The van der Waals surface area contributed by atoms with Crippen LogP contribution in [0, 0.1) is 18.8 Å². The average Bonchev–Trinajstić information content (AvgIpc) is 2.15. The first-order valence-corrected chi connectivity index (χ1v) is 3.87. The molecule has 1 aromatic carbocycles. The third kappa shape index (κ3) is 2.34. The molecule has 0 radical (unpaired) electrons. The molecule has 1 rings (SSSR count). The quantitative estimate of drug-likeness (QED) is 0.477. The molecule has 0 amide bonds. The van der Waals surface area contributed by atoms with E-state index in [1.54, 1.807) is 7.11 Å². The molecule has 0 atom stereocenters. The predicted molar refractivity (Wildman–Crippen MR) is 50.7 cm³/mol. The number of benzene rings is 1. The van der Waals surface area contributed by atoms with Gasteiger partial charge in [0, 0.05) is 0 Å². The SMILES string of the molecule is COc1ccc(C)cc1C#CC=O. The smallest absolute Gasteiger partial charge is 0.193 e. The van der Waals surface area contributed by atoms with Gasteiger partial charge < -0.3 is 4.74 Å². The molecule has 0 fully saturated rings. The van der Waals surface area contributed by atoms with Gasteiger partial charge in [-0.25, -0.2) is 0 Å². The van der Waals surface area contributed by atoms with E-state index in [9.17, 15) is 4.79 Å². The Kier molecular flexibility index (Phi) is 3.10. The van der Waals surface area contributed by atoms with Crippen molar-refractivity contribution in [2.24, 2.45) is 0 Å². The molecule has 0 N–H and O–H groups in total. The summed E-state index contributed by atoms with van der Waals surface area (Å²) in [5.41, 5.74) is 1.84. The van der Waals surface area contributed by atoms with Gasteiger partial charge in [-0.15, -0.1) is 0 Å². The fourth-order valence-corrected chi connectivity index (χ4v) is 1.03. The van der Waals surface area contributed by atoms with Gasteiger partial charge in [0.1, 0.15) is 5.75 Å². The Morgan fingerprint density at radius 3 is 2.85 bits per heavy atom. The molecule has 0 saturated heterocycles. The van der Waals surface area contributed by atoms with Crippen LogP contribution in [0.2, 0.25) is 0 Å². The van der Waals surface area contributed by atoms with Crippen LogP contribution in [0.25, 0.3) is 0 Å². The topological polar surface area (TPSA) is 26.3 Å². The van der Waals surface area contributed by atoms with Crippen molar-refractivity contribution in [1.82, 2.24) is 0 Å². The van der Waals surface area contributed by atoms with E-state index in [-0.39, 0.29) is 0 Å². The first kappa shape index (κ1) is 9.34. The van der Waals surface area contributed by atoms with Crippen LogP contribution in [0.3, 0.4) is 0 Å². The first-order valence-electron chi connectivity index (χ1n) is 3.87.